The lowest BCUT2D eigenvalue weighted by atomic mass is 9.94. The number of rotatable bonds is 3. The van der Waals surface area contributed by atoms with Gasteiger partial charge < -0.3 is 14.8 Å². The zero-order valence-corrected chi connectivity index (χ0v) is 10.7. The van der Waals surface area contributed by atoms with E-state index >= 15 is 0 Å². The maximum Gasteiger partial charge on any atom is 0.337 e. The standard InChI is InChI=1S/C14H17N3O2/c18-14(19)11-2-1-7-17-12(11)9-16-13(17)8-10-3-5-15-6-4-10/h1-2,7,9-10,15H,3-6,8H2,(H,18,19). The van der Waals surface area contributed by atoms with Crippen LogP contribution in [0.3, 0.4) is 0 Å². The molecule has 2 N–H and O–H groups in total. The fraction of sp³-hybridized carbons (Fsp3) is 0.429. The van der Waals surface area contributed by atoms with Gasteiger partial charge in [0.15, 0.2) is 0 Å². The molecule has 0 spiro atoms. The van der Waals surface area contributed by atoms with Crippen molar-refractivity contribution in [1.82, 2.24) is 14.7 Å². The number of hydrogen-bond donors (Lipinski definition) is 2. The summed E-state index contributed by atoms with van der Waals surface area (Å²) >= 11 is 0. The van der Waals surface area contributed by atoms with Crippen LogP contribution in [0.15, 0.2) is 24.5 Å². The van der Waals surface area contributed by atoms with Crippen LogP contribution < -0.4 is 5.32 Å². The third kappa shape index (κ3) is 2.33. The molecule has 0 aliphatic carbocycles. The van der Waals surface area contributed by atoms with E-state index in [0.717, 1.165) is 38.2 Å². The second-order valence-corrected chi connectivity index (χ2v) is 5.05. The summed E-state index contributed by atoms with van der Waals surface area (Å²) in [7, 11) is 0. The zero-order chi connectivity index (χ0) is 13.2. The Kier molecular flexibility index (Phi) is 3.21. The van der Waals surface area contributed by atoms with Crippen LogP contribution in [0.1, 0.15) is 29.0 Å². The van der Waals surface area contributed by atoms with E-state index in [-0.39, 0.29) is 0 Å². The average molecular weight is 259 g/mol. The summed E-state index contributed by atoms with van der Waals surface area (Å²) in [4.78, 5) is 15.6. The largest absolute Gasteiger partial charge is 0.478 e. The average Bonchev–Trinajstić information content (AvgIpc) is 2.83. The van der Waals surface area contributed by atoms with E-state index in [4.69, 9.17) is 5.11 Å². The van der Waals surface area contributed by atoms with Crippen molar-refractivity contribution < 1.29 is 9.90 Å². The Hall–Kier alpha value is -1.88. The molecule has 0 unspecified atom stereocenters. The minimum Gasteiger partial charge on any atom is -0.478 e. The summed E-state index contributed by atoms with van der Waals surface area (Å²) in [5.41, 5.74) is 0.991. The molecule has 100 valence electrons. The number of carboxylic acid groups (broad SMARTS) is 1. The normalized spacial score (nSPS) is 16.8. The van der Waals surface area contributed by atoms with Gasteiger partial charge in [0.25, 0.3) is 0 Å². The molecule has 19 heavy (non-hydrogen) atoms. The van der Waals surface area contributed by atoms with Crippen molar-refractivity contribution in [2.24, 2.45) is 5.92 Å². The lowest BCUT2D eigenvalue weighted by molar-refractivity contribution is 0.0698. The first-order valence-electron chi connectivity index (χ1n) is 6.64. The Morgan fingerprint density at radius 3 is 3.00 bits per heavy atom. The number of fused-ring (bicyclic) bond motifs is 1. The number of imidazole rings is 1. The number of pyridine rings is 1. The van der Waals surface area contributed by atoms with Crippen molar-refractivity contribution in [2.75, 3.05) is 13.1 Å². The van der Waals surface area contributed by atoms with Crippen molar-refractivity contribution in [3.63, 3.8) is 0 Å². The number of carbonyl (C=O) groups is 1. The summed E-state index contributed by atoms with van der Waals surface area (Å²) in [6.45, 7) is 2.13. The number of aromatic nitrogens is 2. The first-order valence-corrected chi connectivity index (χ1v) is 6.64. The number of piperidine rings is 1. The van der Waals surface area contributed by atoms with Gasteiger partial charge in [-0.15, -0.1) is 0 Å². The molecule has 2 aromatic rings. The van der Waals surface area contributed by atoms with Crippen LogP contribution in [-0.4, -0.2) is 33.6 Å². The fourth-order valence-electron chi connectivity index (χ4n) is 2.75. The fourth-order valence-corrected chi connectivity index (χ4v) is 2.75. The van der Waals surface area contributed by atoms with Crippen LogP contribution in [0.4, 0.5) is 0 Å². The highest BCUT2D eigenvalue weighted by Gasteiger charge is 2.17. The third-order valence-electron chi connectivity index (χ3n) is 3.81. The van der Waals surface area contributed by atoms with Gasteiger partial charge in [-0.25, -0.2) is 9.78 Å². The van der Waals surface area contributed by atoms with Crippen molar-refractivity contribution >= 4 is 11.5 Å². The van der Waals surface area contributed by atoms with Gasteiger partial charge in [-0.1, -0.05) is 0 Å². The number of carboxylic acids is 1. The second kappa shape index (κ2) is 5.01. The molecule has 5 nitrogen and oxygen atoms in total. The summed E-state index contributed by atoms with van der Waals surface area (Å²) in [6, 6.07) is 3.39. The summed E-state index contributed by atoms with van der Waals surface area (Å²) in [5, 5.41) is 12.5. The van der Waals surface area contributed by atoms with E-state index in [2.05, 4.69) is 10.3 Å². The number of nitrogens with one attached hydrogen (secondary N) is 1. The summed E-state index contributed by atoms with van der Waals surface area (Å²) in [5.74, 6) is 0.698. The van der Waals surface area contributed by atoms with E-state index in [1.54, 1.807) is 18.3 Å². The summed E-state index contributed by atoms with van der Waals surface area (Å²) in [6.07, 6.45) is 6.80. The topological polar surface area (TPSA) is 66.6 Å². The highest BCUT2D eigenvalue weighted by Crippen LogP contribution is 2.20. The number of hydrogen-bond acceptors (Lipinski definition) is 3. The molecule has 0 amide bonds. The lowest BCUT2D eigenvalue weighted by Gasteiger charge is -2.21. The van der Waals surface area contributed by atoms with Gasteiger partial charge in [0, 0.05) is 12.6 Å². The molecule has 1 fully saturated rings. The van der Waals surface area contributed by atoms with Gasteiger partial charge in [0.1, 0.15) is 5.82 Å². The molecule has 0 aromatic carbocycles. The molecule has 1 saturated heterocycles. The highest BCUT2D eigenvalue weighted by atomic mass is 16.4. The maximum atomic E-state index is 11.2. The third-order valence-corrected chi connectivity index (χ3v) is 3.81. The van der Waals surface area contributed by atoms with Crippen LogP contribution in [0, 0.1) is 5.92 Å². The van der Waals surface area contributed by atoms with Crippen LogP contribution in [0.5, 0.6) is 0 Å². The predicted octanol–water partition coefficient (Wildman–Crippen LogP) is 1.57. The molecule has 0 bridgehead atoms. The molecule has 1 aliphatic rings. The zero-order valence-electron chi connectivity index (χ0n) is 10.7. The molecule has 0 radical (unpaired) electrons. The molecule has 3 rings (SSSR count). The van der Waals surface area contributed by atoms with Crippen molar-refractivity contribution in [3.8, 4) is 0 Å². The predicted molar refractivity (Wildman–Crippen MR) is 71.4 cm³/mol. The monoisotopic (exact) mass is 259 g/mol. The Bertz CT molecular complexity index is 600. The number of nitrogens with zero attached hydrogens (tertiary/aromatic N) is 2. The minimum absolute atomic E-state index is 0.312. The van der Waals surface area contributed by atoms with E-state index in [0.29, 0.717) is 17.0 Å². The van der Waals surface area contributed by atoms with Crippen molar-refractivity contribution in [1.29, 1.82) is 0 Å². The van der Waals surface area contributed by atoms with Crippen LogP contribution >= 0.6 is 0 Å². The molecule has 5 heteroatoms. The molecule has 0 atom stereocenters. The molecule has 1 aliphatic heterocycles. The van der Waals surface area contributed by atoms with E-state index in [1.165, 1.54) is 0 Å². The Balaban J connectivity index is 1.92. The van der Waals surface area contributed by atoms with Gasteiger partial charge in [-0.3, -0.25) is 0 Å². The van der Waals surface area contributed by atoms with Gasteiger partial charge in [0.2, 0.25) is 0 Å². The Morgan fingerprint density at radius 1 is 1.47 bits per heavy atom. The van der Waals surface area contributed by atoms with Crippen molar-refractivity contribution in [3.05, 3.63) is 35.9 Å². The Morgan fingerprint density at radius 2 is 2.26 bits per heavy atom. The summed E-state index contributed by atoms with van der Waals surface area (Å²) < 4.78 is 1.91. The maximum absolute atomic E-state index is 11.2. The first kappa shape index (κ1) is 12.2. The van der Waals surface area contributed by atoms with Gasteiger partial charge in [-0.2, -0.15) is 0 Å². The van der Waals surface area contributed by atoms with Crippen LogP contribution in [0.25, 0.3) is 5.52 Å². The molecule has 0 saturated carbocycles. The SMILES string of the molecule is O=C(O)c1cccn2c(CC3CCNCC3)ncc12. The van der Waals surface area contributed by atoms with Crippen molar-refractivity contribution in [2.45, 2.75) is 19.3 Å². The smallest absolute Gasteiger partial charge is 0.337 e. The molecular formula is C14H17N3O2. The first-order chi connectivity index (χ1) is 9.25. The lowest BCUT2D eigenvalue weighted by Crippen LogP contribution is -2.29. The van der Waals surface area contributed by atoms with Gasteiger partial charge in [0.05, 0.1) is 17.3 Å². The van der Waals surface area contributed by atoms with Crippen LogP contribution in [-0.2, 0) is 6.42 Å². The van der Waals surface area contributed by atoms with E-state index < -0.39 is 5.97 Å². The minimum atomic E-state index is -0.904. The molecular weight excluding hydrogens is 242 g/mol. The number of aromatic carboxylic acids is 1. The van der Waals surface area contributed by atoms with Gasteiger partial charge in [-0.05, 0) is 44.0 Å². The highest BCUT2D eigenvalue weighted by molar-refractivity contribution is 5.95. The Labute approximate surface area is 111 Å². The van der Waals surface area contributed by atoms with Crippen LogP contribution in [0.2, 0.25) is 0 Å². The quantitative estimate of drug-likeness (QED) is 0.878. The van der Waals surface area contributed by atoms with E-state index in [1.807, 2.05) is 10.6 Å². The van der Waals surface area contributed by atoms with Gasteiger partial charge >= 0.3 is 5.97 Å². The molecule has 2 aromatic heterocycles. The van der Waals surface area contributed by atoms with E-state index in [9.17, 15) is 4.79 Å². The second-order valence-electron chi connectivity index (χ2n) is 5.05. The molecule has 3 heterocycles.